The lowest BCUT2D eigenvalue weighted by atomic mass is 10.0. The molecule has 0 radical (unpaired) electrons. The SMILES string of the molecule is COC(=O)OC(c1ccc(S(C)(=O)=O)cc1)C(CF)NC(=O)C(Cl)Cl. The Balaban J connectivity index is 3.18. The van der Waals surface area contributed by atoms with Gasteiger partial charge in [0.25, 0.3) is 5.91 Å². The second-order valence-electron chi connectivity index (χ2n) is 4.90. The van der Waals surface area contributed by atoms with Gasteiger partial charge in [-0.05, 0) is 17.7 Å². The molecule has 2 unspecified atom stereocenters. The first-order valence-electron chi connectivity index (χ1n) is 6.79. The summed E-state index contributed by atoms with van der Waals surface area (Å²) < 4.78 is 45.8. The van der Waals surface area contributed by atoms with Crippen molar-refractivity contribution in [1.82, 2.24) is 5.32 Å². The summed E-state index contributed by atoms with van der Waals surface area (Å²) in [6.07, 6.45) is -1.38. The highest BCUT2D eigenvalue weighted by atomic mass is 35.5. The lowest BCUT2D eigenvalue weighted by Crippen LogP contribution is -2.44. The molecule has 0 saturated carbocycles. The molecule has 0 aliphatic rings. The van der Waals surface area contributed by atoms with Crippen LogP contribution in [0.4, 0.5) is 9.18 Å². The Bertz CT molecular complexity index is 711. The van der Waals surface area contributed by atoms with Crippen LogP contribution in [-0.4, -0.2) is 51.4 Å². The van der Waals surface area contributed by atoms with E-state index in [4.69, 9.17) is 27.9 Å². The fourth-order valence-electron chi connectivity index (χ4n) is 1.88. The number of alkyl halides is 3. The van der Waals surface area contributed by atoms with E-state index in [1.807, 2.05) is 0 Å². The van der Waals surface area contributed by atoms with Crippen molar-refractivity contribution in [3.05, 3.63) is 29.8 Å². The number of methoxy groups -OCH3 is 1. The summed E-state index contributed by atoms with van der Waals surface area (Å²) in [6.45, 7) is -1.11. The largest absolute Gasteiger partial charge is 0.508 e. The molecule has 0 aromatic heterocycles. The Kier molecular flexibility index (Phi) is 7.91. The topological polar surface area (TPSA) is 98.8 Å². The molecule has 0 fully saturated rings. The summed E-state index contributed by atoms with van der Waals surface area (Å²) in [5, 5.41) is 2.21. The maximum absolute atomic E-state index is 13.4. The van der Waals surface area contributed by atoms with Crippen molar-refractivity contribution in [2.45, 2.75) is 21.9 Å². The number of benzene rings is 1. The third-order valence-corrected chi connectivity index (χ3v) is 4.61. The molecule has 0 spiro atoms. The van der Waals surface area contributed by atoms with Gasteiger partial charge in [-0.1, -0.05) is 35.3 Å². The standard InChI is InChI=1S/C14H16Cl2FNO6S/c1-23-14(20)24-11(10(7-17)18-13(19)12(15)16)8-3-5-9(6-4-8)25(2,21)22/h3-6,10-12H,7H2,1-2H3,(H,18,19). The van der Waals surface area contributed by atoms with E-state index in [1.54, 1.807) is 0 Å². The summed E-state index contributed by atoms with van der Waals surface area (Å²) in [7, 11) is -2.38. The molecule has 11 heteroatoms. The summed E-state index contributed by atoms with van der Waals surface area (Å²) in [6, 6.07) is 3.88. The van der Waals surface area contributed by atoms with Crippen molar-refractivity contribution < 1.29 is 31.9 Å². The Morgan fingerprint density at radius 1 is 1.24 bits per heavy atom. The highest BCUT2D eigenvalue weighted by Crippen LogP contribution is 2.25. The molecular weight excluding hydrogens is 400 g/mol. The first kappa shape index (κ1) is 21.5. The summed E-state index contributed by atoms with van der Waals surface area (Å²) in [4.78, 5) is 21.6. The Morgan fingerprint density at radius 2 is 1.80 bits per heavy atom. The molecule has 0 aliphatic carbocycles. The van der Waals surface area contributed by atoms with Crippen molar-refractivity contribution in [1.29, 1.82) is 0 Å². The van der Waals surface area contributed by atoms with Crippen LogP contribution in [0, 0.1) is 0 Å². The first-order chi connectivity index (χ1) is 11.6. The summed E-state index contributed by atoms with van der Waals surface area (Å²) >= 11 is 10.8. The van der Waals surface area contributed by atoms with Crippen molar-refractivity contribution in [2.24, 2.45) is 0 Å². The average molecular weight is 416 g/mol. The fraction of sp³-hybridized carbons (Fsp3) is 0.429. The first-order valence-corrected chi connectivity index (χ1v) is 9.55. The second kappa shape index (κ2) is 9.21. The number of sulfone groups is 1. The zero-order valence-corrected chi connectivity index (χ0v) is 15.6. The fourth-order valence-corrected chi connectivity index (χ4v) is 2.64. The quantitative estimate of drug-likeness (QED) is 0.541. The van der Waals surface area contributed by atoms with Gasteiger partial charge in [0, 0.05) is 6.26 Å². The molecule has 0 heterocycles. The van der Waals surface area contributed by atoms with Gasteiger partial charge in [-0.3, -0.25) is 4.79 Å². The molecule has 7 nitrogen and oxygen atoms in total. The van der Waals surface area contributed by atoms with Crippen LogP contribution in [0.25, 0.3) is 0 Å². The molecular formula is C14H16Cl2FNO6S. The highest BCUT2D eigenvalue weighted by molar-refractivity contribution is 7.90. The molecule has 1 rings (SSSR count). The van der Waals surface area contributed by atoms with E-state index < -0.39 is 45.6 Å². The zero-order valence-electron chi connectivity index (χ0n) is 13.2. The van der Waals surface area contributed by atoms with Gasteiger partial charge in [0.05, 0.1) is 18.0 Å². The monoisotopic (exact) mass is 415 g/mol. The third kappa shape index (κ3) is 6.33. The normalized spacial score (nSPS) is 13.8. The molecule has 0 bridgehead atoms. The predicted octanol–water partition coefficient (Wildman–Crippen LogP) is 2.17. The number of amides is 1. The minimum atomic E-state index is -3.44. The van der Waals surface area contributed by atoms with Crippen LogP contribution in [0.5, 0.6) is 0 Å². The third-order valence-electron chi connectivity index (χ3n) is 3.08. The molecule has 1 aromatic rings. The van der Waals surface area contributed by atoms with Crippen LogP contribution in [0.15, 0.2) is 29.2 Å². The van der Waals surface area contributed by atoms with E-state index in [-0.39, 0.29) is 10.5 Å². The van der Waals surface area contributed by atoms with Crippen LogP contribution >= 0.6 is 23.2 Å². The number of nitrogens with one attached hydrogen (secondary N) is 1. The number of carbonyl (C=O) groups excluding carboxylic acids is 2. The predicted molar refractivity (Wildman–Crippen MR) is 89.2 cm³/mol. The van der Waals surface area contributed by atoms with E-state index in [9.17, 15) is 22.4 Å². The van der Waals surface area contributed by atoms with Gasteiger partial charge in [-0.15, -0.1) is 0 Å². The van der Waals surface area contributed by atoms with E-state index >= 15 is 0 Å². The molecule has 140 valence electrons. The molecule has 0 aliphatic heterocycles. The lowest BCUT2D eigenvalue weighted by molar-refractivity contribution is -0.121. The van der Waals surface area contributed by atoms with Gasteiger partial charge in [0.1, 0.15) is 6.67 Å². The minimum Gasteiger partial charge on any atom is -0.438 e. The Morgan fingerprint density at radius 3 is 2.20 bits per heavy atom. The van der Waals surface area contributed by atoms with Crippen molar-refractivity contribution in [3.63, 3.8) is 0 Å². The maximum Gasteiger partial charge on any atom is 0.508 e. The highest BCUT2D eigenvalue weighted by Gasteiger charge is 2.30. The number of hydrogen-bond donors (Lipinski definition) is 1. The van der Waals surface area contributed by atoms with Crippen molar-refractivity contribution >= 4 is 45.1 Å². The smallest absolute Gasteiger partial charge is 0.438 e. The molecule has 0 saturated heterocycles. The van der Waals surface area contributed by atoms with Crippen LogP contribution in [0.3, 0.4) is 0 Å². The number of hydrogen-bond acceptors (Lipinski definition) is 6. The maximum atomic E-state index is 13.4. The van der Waals surface area contributed by atoms with Crippen LogP contribution in [0.1, 0.15) is 11.7 Å². The number of rotatable bonds is 7. The molecule has 1 N–H and O–H groups in total. The Labute approximate surface area is 154 Å². The number of carbonyl (C=O) groups is 2. The van der Waals surface area contributed by atoms with E-state index in [0.29, 0.717) is 0 Å². The average Bonchev–Trinajstić information content (AvgIpc) is 2.56. The van der Waals surface area contributed by atoms with E-state index in [0.717, 1.165) is 13.4 Å². The van der Waals surface area contributed by atoms with E-state index in [1.165, 1.54) is 24.3 Å². The molecule has 25 heavy (non-hydrogen) atoms. The van der Waals surface area contributed by atoms with Gasteiger partial charge < -0.3 is 14.8 Å². The van der Waals surface area contributed by atoms with E-state index in [2.05, 4.69) is 10.1 Å². The molecule has 2 atom stereocenters. The summed E-state index contributed by atoms with van der Waals surface area (Å²) in [5.74, 6) is -0.878. The van der Waals surface area contributed by atoms with Gasteiger partial charge in [-0.25, -0.2) is 17.6 Å². The summed E-state index contributed by atoms with van der Waals surface area (Å²) in [5.41, 5.74) is 0.237. The number of halogens is 3. The van der Waals surface area contributed by atoms with Gasteiger partial charge >= 0.3 is 6.16 Å². The lowest BCUT2D eigenvalue weighted by Gasteiger charge is -2.26. The van der Waals surface area contributed by atoms with Crippen LogP contribution in [0.2, 0.25) is 0 Å². The molecule has 1 amide bonds. The van der Waals surface area contributed by atoms with Gasteiger partial charge in [0.2, 0.25) is 0 Å². The number of ether oxygens (including phenoxy) is 2. The van der Waals surface area contributed by atoms with Crippen molar-refractivity contribution in [3.8, 4) is 0 Å². The zero-order chi connectivity index (χ0) is 19.2. The second-order valence-corrected chi connectivity index (χ2v) is 8.02. The van der Waals surface area contributed by atoms with Crippen molar-refractivity contribution in [2.75, 3.05) is 20.0 Å². The molecule has 1 aromatic carbocycles. The minimum absolute atomic E-state index is 0.0236. The van der Waals surface area contributed by atoms with Crippen LogP contribution in [-0.2, 0) is 24.1 Å². The van der Waals surface area contributed by atoms with Gasteiger partial charge in [0.15, 0.2) is 20.8 Å². The van der Waals surface area contributed by atoms with Gasteiger partial charge in [-0.2, -0.15) is 0 Å². The Hall–Kier alpha value is -1.58. The van der Waals surface area contributed by atoms with Crippen LogP contribution < -0.4 is 5.32 Å².